The summed E-state index contributed by atoms with van der Waals surface area (Å²) in [7, 11) is 3.08. The van der Waals surface area contributed by atoms with Gasteiger partial charge in [-0.1, -0.05) is 19.8 Å². The van der Waals surface area contributed by atoms with Crippen molar-refractivity contribution in [3.8, 4) is 0 Å². The zero-order valence-corrected chi connectivity index (χ0v) is 17.6. The van der Waals surface area contributed by atoms with Gasteiger partial charge in [-0.05, 0) is 46.7 Å². The molecular weight excluding hydrogens is 336 g/mol. The van der Waals surface area contributed by atoms with E-state index in [1.165, 1.54) is 25.7 Å². The normalized spacial score (nSPS) is 32.7. The molecule has 1 saturated heterocycles. The molecule has 2 fully saturated rings. The lowest BCUT2D eigenvalue weighted by Crippen LogP contribution is -2.60. The van der Waals surface area contributed by atoms with Crippen LogP contribution in [0.25, 0.3) is 0 Å². The molecule has 1 aliphatic carbocycles. The zero-order valence-electron chi connectivity index (χ0n) is 16.8. The van der Waals surface area contributed by atoms with Gasteiger partial charge in [0, 0.05) is 32.2 Å². The van der Waals surface area contributed by atoms with Crippen molar-refractivity contribution in [1.29, 1.82) is 0 Å². The van der Waals surface area contributed by atoms with Crippen LogP contribution in [-0.2, 0) is 9.84 Å². The summed E-state index contributed by atoms with van der Waals surface area (Å²) >= 11 is 0. The molecule has 1 heterocycles. The molecule has 0 aromatic heterocycles. The second kappa shape index (κ2) is 7.43. The van der Waals surface area contributed by atoms with E-state index in [4.69, 9.17) is 0 Å². The molecule has 6 nitrogen and oxygen atoms in total. The van der Waals surface area contributed by atoms with E-state index >= 15 is 0 Å². The quantitative estimate of drug-likeness (QED) is 0.602. The summed E-state index contributed by atoms with van der Waals surface area (Å²) in [6.45, 7) is 7.81. The lowest BCUT2D eigenvalue weighted by Gasteiger charge is -2.46. The van der Waals surface area contributed by atoms with Gasteiger partial charge >= 0.3 is 0 Å². The summed E-state index contributed by atoms with van der Waals surface area (Å²) in [5, 5.41) is 3.56. The van der Waals surface area contributed by atoms with Gasteiger partial charge in [0.2, 0.25) is 0 Å². The van der Waals surface area contributed by atoms with Gasteiger partial charge in [0.25, 0.3) is 0 Å². The Morgan fingerprint density at radius 1 is 1.36 bits per heavy atom. The van der Waals surface area contributed by atoms with Crippen LogP contribution in [0.15, 0.2) is 4.99 Å². The number of hydrogen-bond donors (Lipinski definition) is 1. The van der Waals surface area contributed by atoms with Gasteiger partial charge in [0.1, 0.15) is 0 Å². The SMILES string of the molecule is CN=C(NCC1(N(C)C)CCCC(C)C1)N1CCS(=O)(=O)C(C)(C)C1. The summed E-state index contributed by atoms with van der Waals surface area (Å²) in [6, 6.07) is 0. The second-order valence-corrected chi connectivity index (χ2v) is 11.5. The van der Waals surface area contributed by atoms with Crippen LogP contribution in [0.3, 0.4) is 0 Å². The highest BCUT2D eigenvalue weighted by Crippen LogP contribution is 2.35. The lowest BCUT2D eigenvalue weighted by molar-refractivity contribution is 0.0788. The monoisotopic (exact) mass is 372 g/mol. The lowest BCUT2D eigenvalue weighted by atomic mass is 9.75. The van der Waals surface area contributed by atoms with Gasteiger partial charge in [-0.3, -0.25) is 4.99 Å². The number of guanidine groups is 1. The number of nitrogens with one attached hydrogen (secondary N) is 1. The summed E-state index contributed by atoms with van der Waals surface area (Å²) in [4.78, 5) is 8.89. The largest absolute Gasteiger partial charge is 0.354 e. The molecule has 0 amide bonds. The predicted molar refractivity (Wildman–Crippen MR) is 105 cm³/mol. The van der Waals surface area contributed by atoms with E-state index in [0.717, 1.165) is 18.4 Å². The van der Waals surface area contributed by atoms with E-state index in [1.807, 2.05) is 13.8 Å². The minimum atomic E-state index is -3.04. The molecule has 1 N–H and O–H groups in total. The summed E-state index contributed by atoms with van der Waals surface area (Å²) in [5.41, 5.74) is 0.144. The number of likely N-dealkylation sites (N-methyl/N-ethyl adjacent to an activating group) is 1. The van der Waals surface area contributed by atoms with Crippen LogP contribution >= 0.6 is 0 Å². The van der Waals surface area contributed by atoms with Gasteiger partial charge < -0.3 is 15.1 Å². The van der Waals surface area contributed by atoms with Crippen molar-refractivity contribution in [2.75, 3.05) is 46.5 Å². The van der Waals surface area contributed by atoms with Crippen LogP contribution < -0.4 is 5.32 Å². The molecule has 146 valence electrons. The Morgan fingerprint density at radius 3 is 2.56 bits per heavy atom. The molecule has 2 unspecified atom stereocenters. The third-order valence-electron chi connectivity index (χ3n) is 6.15. The fourth-order valence-corrected chi connectivity index (χ4v) is 5.62. The molecule has 1 aliphatic heterocycles. The fraction of sp³-hybridized carbons (Fsp3) is 0.944. The first kappa shape index (κ1) is 20.5. The highest BCUT2D eigenvalue weighted by atomic mass is 32.2. The third-order valence-corrected chi connectivity index (χ3v) is 8.68. The maximum absolute atomic E-state index is 12.2. The van der Waals surface area contributed by atoms with Crippen LogP contribution in [-0.4, -0.2) is 81.0 Å². The Morgan fingerprint density at radius 2 is 2.04 bits per heavy atom. The smallest absolute Gasteiger partial charge is 0.193 e. The fourth-order valence-electron chi connectivity index (χ4n) is 4.26. The third kappa shape index (κ3) is 4.30. The first-order chi connectivity index (χ1) is 11.5. The molecule has 7 heteroatoms. The molecule has 0 aromatic rings. The van der Waals surface area contributed by atoms with Crippen LogP contribution in [0.5, 0.6) is 0 Å². The Hall–Kier alpha value is -0.820. The van der Waals surface area contributed by atoms with Gasteiger partial charge in [-0.2, -0.15) is 0 Å². The summed E-state index contributed by atoms with van der Waals surface area (Å²) in [5.74, 6) is 1.75. The molecule has 1 saturated carbocycles. The van der Waals surface area contributed by atoms with E-state index < -0.39 is 14.6 Å². The van der Waals surface area contributed by atoms with E-state index in [1.54, 1.807) is 7.05 Å². The maximum atomic E-state index is 12.2. The van der Waals surface area contributed by atoms with Crippen LogP contribution in [0.4, 0.5) is 0 Å². The minimum Gasteiger partial charge on any atom is -0.354 e. The zero-order chi connectivity index (χ0) is 18.9. The average molecular weight is 373 g/mol. The Labute approximate surface area is 154 Å². The van der Waals surface area contributed by atoms with Crippen molar-refractivity contribution in [2.24, 2.45) is 10.9 Å². The van der Waals surface area contributed by atoms with E-state index in [0.29, 0.717) is 13.1 Å². The molecule has 0 spiro atoms. The van der Waals surface area contributed by atoms with Gasteiger partial charge in [0.15, 0.2) is 15.8 Å². The van der Waals surface area contributed by atoms with E-state index in [2.05, 4.69) is 41.1 Å². The maximum Gasteiger partial charge on any atom is 0.193 e. The van der Waals surface area contributed by atoms with Crippen molar-refractivity contribution in [2.45, 2.75) is 56.7 Å². The van der Waals surface area contributed by atoms with Crippen LogP contribution in [0.1, 0.15) is 46.5 Å². The minimum absolute atomic E-state index is 0.144. The standard InChI is InChI=1S/C18H36N4O2S/c1-15-8-7-9-18(12-15,21(5)6)13-20-16(19-4)22-10-11-25(23,24)17(2,3)14-22/h15H,7-14H2,1-6H3,(H,19,20). The molecule has 25 heavy (non-hydrogen) atoms. The topological polar surface area (TPSA) is 65.0 Å². The number of aliphatic imine (C=N–C) groups is 1. The number of sulfone groups is 1. The molecule has 2 aliphatic rings. The highest BCUT2D eigenvalue weighted by Gasteiger charge is 2.42. The second-order valence-electron chi connectivity index (χ2n) is 8.72. The first-order valence-corrected chi connectivity index (χ1v) is 11.0. The van der Waals surface area contributed by atoms with E-state index in [9.17, 15) is 8.42 Å². The molecular formula is C18H36N4O2S. The van der Waals surface area contributed by atoms with Crippen molar-refractivity contribution >= 4 is 15.8 Å². The Bertz CT molecular complexity index is 600. The average Bonchev–Trinajstić information content (AvgIpc) is 2.51. The number of nitrogens with zero attached hydrogens (tertiary/aromatic N) is 3. The number of hydrogen-bond acceptors (Lipinski definition) is 4. The molecule has 0 radical (unpaired) electrons. The van der Waals surface area contributed by atoms with Gasteiger partial charge in [-0.25, -0.2) is 8.42 Å². The van der Waals surface area contributed by atoms with Crippen molar-refractivity contribution in [3.05, 3.63) is 0 Å². The summed E-state index contributed by atoms with van der Waals surface area (Å²) < 4.78 is 23.8. The predicted octanol–water partition coefficient (Wildman–Crippen LogP) is 1.58. The van der Waals surface area contributed by atoms with Crippen molar-refractivity contribution in [3.63, 3.8) is 0 Å². The van der Waals surface area contributed by atoms with Gasteiger partial charge in [0.05, 0.1) is 10.5 Å². The molecule has 0 aromatic carbocycles. The Kier molecular flexibility index (Phi) is 6.09. The van der Waals surface area contributed by atoms with Crippen LogP contribution in [0.2, 0.25) is 0 Å². The van der Waals surface area contributed by atoms with Crippen molar-refractivity contribution in [1.82, 2.24) is 15.1 Å². The van der Waals surface area contributed by atoms with Crippen LogP contribution in [0, 0.1) is 5.92 Å². The molecule has 2 atom stereocenters. The highest BCUT2D eigenvalue weighted by molar-refractivity contribution is 7.92. The molecule has 0 bridgehead atoms. The van der Waals surface area contributed by atoms with Gasteiger partial charge in [-0.15, -0.1) is 0 Å². The van der Waals surface area contributed by atoms with Crippen molar-refractivity contribution < 1.29 is 8.42 Å². The number of rotatable bonds is 3. The van der Waals surface area contributed by atoms with E-state index in [-0.39, 0.29) is 11.3 Å². The first-order valence-electron chi connectivity index (χ1n) is 9.38. The molecule has 2 rings (SSSR count). The summed E-state index contributed by atoms with van der Waals surface area (Å²) in [6.07, 6.45) is 4.94. The Balaban J connectivity index is 2.07.